The van der Waals surface area contributed by atoms with Crippen molar-refractivity contribution in [2.45, 2.75) is 6.92 Å². The van der Waals surface area contributed by atoms with Crippen LogP contribution in [0.15, 0.2) is 41.1 Å². The summed E-state index contributed by atoms with van der Waals surface area (Å²) >= 11 is 0. The quantitative estimate of drug-likeness (QED) is 0.772. The summed E-state index contributed by atoms with van der Waals surface area (Å²) in [7, 11) is 1.80. The zero-order valence-electron chi connectivity index (χ0n) is 11.7. The number of pyridine rings is 1. The lowest BCUT2D eigenvalue weighted by atomic mass is 10.1. The molecule has 0 atom stereocenters. The first kappa shape index (κ1) is 13.1. The van der Waals surface area contributed by atoms with Crippen LogP contribution in [0.1, 0.15) is 16.1 Å². The van der Waals surface area contributed by atoms with Gasteiger partial charge in [-0.25, -0.2) is 4.98 Å². The number of anilines is 2. The van der Waals surface area contributed by atoms with Gasteiger partial charge >= 0.3 is 6.01 Å². The fourth-order valence-corrected chi connectivity index (χ4v) is 2.15. The lowest BCUT2D eigenvalue weighted by Gasteiger charge is -2.09. The fourth-order valence-electron chi connectivity index (χ4n) is 2.15. The highest BCUT2D eigenvalue weighted by Gasteiger charge is 2.15. The number of oxazole rings is 1. The fraction of sp³-hybridized carbons (Fsp3) is 0.133. The van der Waals surface area contributed by atoms with Crippen LogP contribution in [0.4, 0.5) is 11.8 Å². The van der Waals surface area contributed by atoms with Gasteiger partial charge in [-0.05, 0) is 12.3 Å². The van der Waals surface area contributed by atoms with Gasteiger partial charge in [-0.15, -0.1) is 0 Å². The molecule has 2 N–H and O–H groups in total. The summed E-state index contributed by atoms with van der Waals surface area (Å²) in [5.41, 5.74) is 1.18. The van der Waals surface area contributed by atoms with E-state index in [1.165, 1.54) is 6.26 Å². The summed E-state index contributed by atoms with van der Waals surface area (Å²) in [6, 6.07) is 7.77. The number of carbonyl (C=O) groups excluding carboxylic acids is 1. The Morgan fingerprint density at radius 3 is 2.67 bits per heavy atom. The largest absolute Gasteiger partial charge is 0.432 e. The number of nitrogens with zero attached hydrogens (tertiary/aromatic N) is 2. The number of carbonyl (C=O) groups is 1. The molecule has 0 aliphatic heterocycles. The second-order valence-corrected chi connectivity index (χ2v) is 4.56. The number of benzene rings is 1. The number of aromatic nitrogens is 2. The van der Waals surface area contributed by atoms with Crippen LogP contribution in [-0.2, 0) is 0 Å². The molecule has 3 rings (SSSR count). The minimum absolute atomic E-state index is 0.180. The molecule has 0 radical (unpaired) electrons. The molecular formula is C15H14N4O2. The van der Waals surface area contributed by atoms with E-state index in [2.05, 4.69) is 20.6 Å². The van der Waals surface area contributed by atoms with Crippen molar-refractivity contribution in [1.29, 1.82) is 0 Å². The molecule has 3 aromatic rings. The van der Waals surface area contributed by atoms with Crippen LogP contribution >= 0.6 is 0 Å². The predicted octanol–water partition coefficient (Wildman–Crippen LogP) is 2.83. The highest BCUT2D eigenvalue weighted by atomic mass is 16.4. The van der Waals surface area contributed by atoms with E-state index < -0.39 is 0 Å². The number of rotatable bonds is 3. The molecule has 0 saturated carbocycles. The van der Waals surface area contributed by atoms with Gasteiger partial charge in [0, 0.05) is 18.6 Å². The van der Waals surface area contributed by atoms with Crippen molar-refractivity contribution >= 4 is 28.5 Å². The Balaban J connectivity index is 2.02. The van der Waals surface area contributed by atoms with E-state index in [-0.39, 0.29) is 11.9 Å². The summed E-state index contributed by atoms with van der Waals surface area (Å²) < 4.78 is 5.14. The first-order chi connectivity index (χ1) is 10.2. The maximum Gasteiger partial charge on any atom is 0.301 e. The van der Waals surface area contributed by atoms with Crippen LogP contribution in [0.25, 0.3) is 10.8 Å². The molecule has 106 valence electrons. The maximum absolute atomic E-state index is 12.4. The molecule has 0 fully saturated rings. The molecule has 2 aromatic heterocycles. The van der Waals surface area contributed by atoms with Gasteiger partial charge < -0.3 is 9.73 Å². The normalized spacial score (nSPS) is 10.6. The smallest absolute Gasteiger partial charge is 0.301 e. The Bertz CT molecular complexity index is 810. The third-order valence-electron chi connectivity index (χ3n) is 3.12. The summed E-state index contributed by atoms with van der Waals surface area (Å²) in [6.45, 7) is 1.79. The van der Waals surface area contributed by atoms with Crippen LogP contribution in [-0.4, -0.2) is 22.9 Å². The SMILES string of the molecule is CNc1ncc(C(=O)Nc2nc(C)co2)c2ccccc12. The van der Waals surface area contributed by atoms with Crippen LogP contribution < -0.4 is 10.6 Å². The molecule has 0 aliphatic carbocycles. The minimum Gasteiger partial charge on any atom is -0.432 e. The van der Waals surface area contributed by atoms with E-state index in [0.717, 1.165) is 16.6 Å². The van der Waals surface area contributed by atoms with E-state index in [1.54, 1.807) is 20.2 Å². The first-order valence-corrected chi connectivity index (χ1v) is 6.48. The van der Waals surface area contributed by atoms with Gasteiger partial charge in [-0.1, -0.05) is 24.3 Å². The van der Waals surface area contributed by atoms with Gasteiger partial charge in [-0.3, -0.25) is 10.1 Å². The summed E-state index contributed by atoms with van der Waals surface area (Å²) in [5, 5.41) is 7.35. The predicted molar refractivity (Wildman–Crippen MR) is 80.5 cm³/mol. The molecule has 6 heteroatoms. The molecule has 0 bridgehead atoms. The average Bonchev–Trinajstić information content (AvgIpc) is 2.91. The van der Waals surface area contributed by atoms with Gasteiger partial charge in [0.2, 0.25) is 0 Å². The third-order valence-corrected chi connectivity index (χ3v) is 3.12. The Kier molecular flexibility index (Phi) is 3.27. The number of aryl methyl sites for hydroxylation is 1. The van der Waals surface area contributed by atoms with E-state index >= 15 is 0 Å². The number of amides is 1. The van der Waals surface area contributed by atoms with Crippen molar-refractivity contribution < 1.29 is 9.21 Å². The van der Waals surface area contributed by atoms with Crippen molar-refractivity contribution in [3.63, 3.8) is 0 Å². The van der Waals surface area contributed by atoms with Crippen molar-refractivity contribution in [2.75, 3.05) is 17.7 Å². The molecule has 6 nitrogen and oxygen atoms in total. The zero-order valence-corrected chi connectivity index (χ0v) is 11.7. The molecule has 21 heavy (non-hydrogen) atoms. The van der Waals surface area contributed by atoms with Crippen molar-refractivity contribution in [3.8, 4) is 0 Å². The lowest BCUT2D eigenvalue weighted by molar-refractivity contribution is 0.102. The second kappa shape index (κ2) is 5.24. The second-order valence-electron chi connectivity index (χ2n) is 4.56. The monoisotopic (exact) mass is 282 g/mol. The van der Waals surface area contributed by atoms with E-state index in [4.69, 9.17) is 4.42 Å². The Labute approximate surface area is 121 Å². The molecule has 2 heterocycles. The number of hydrogen-bond acceptors (Lipinski definition) is 5. The van der Waals surface area contributed by atoms with Crippen LogP contribution in [0, 0.1) is 6.92 Å². The molecule has 0 unspecified atom stereocenters. The Morgan fingerprint density at radius 1 is 1.24 bits per heavy atom. The number of fused-ring (bicyclic) bond motifs is 1. The van der Waals surface area contributed by atoms with Gasteiger partial charge in [-0.2, -0.15) is 4.98 Å². The Morgan fingerprint density at radius 2 is 2.00 bits per heavy atom. The highest BCUT2D eigenvalue weighted by molar-refractivity contribution is 6.13. The van der Waals surface area contributed by atoms with Gasteiger partial charge in [0.25, 0.3) is 5.91 Å². The standard InChI is InChI=1S/C15H14N4O2/c1-9-8-21-15(18-9)19-14(20)12-7-17-13(16-2)11-6-4-3-5-10(11)12/h3-8H,1-2H3,(H,16,17)(H,18,19,20). The summed E-state index contributed by atoms with van der Waals surface area (Å²) in [5.74, 6) is 0.428. The average molecular weight is 282 g/mol. The topological polar surface area (TPSA) is 80.0 Å². The van der Waals surface area contributed by atoms with Crippen LogP contribution in [0.5, 0.6) is 0 Å². The molecule has 0 aliphatic rings. The molecule has 0 saturated heterocycles. The van der Waals surface area contributed by atoms with Crippen molar-refractivity contribution in [3.05, 3.63) is 48.0 Å². The number of nitrogens with one attached hydrogen (secondary N) is 2. The van der Waals surface area contributed by atoms with E-state index in [9.17, 15) is 4.79 Å². The third kappa shape index (κ3) is 2.43. The molecule has 0 spiro atoms. The van der Waals surface area contributed by atoms with Gasteiger partial charge in [0.15, 0.2) is 0 Å². The number of hydrogen-bond donors (Lipinski definition) is 2. The zero-order chi connectivity index (χ0) is 14.8. The molecule has 1 amide bonds. The maximum atomic E-state index is 12.4. The lowest BCUT2D eigenvalue weighted by Crippen LogP contribution is -2.13. The van der Waals surface area contributed by atoms with Crippen LogP contribution in [0.2, 0.25) is 0 Å². The Hall–Kier alpha value is -2.89. The molecular weight excluding hydrogens is 268 g/mol. The molecule has 1 aromatic carbocycles. The van der Waals surface area contributed by atoms with Gasteiger partial charge in [0.05, 0.1) is 11.3 Å². The van der Waals surface area contributed by atoms with Crippen molar-refractivity contribution in [2.24, 2.45) is 0 Å². The summed E-state index contributed by atoms with van der Waals surface area (Å²) in [6.07, 6.45) is 3.02. The summed E-state index contributed by atoms with van der Waals surface area (Å²) in [4.78, 5) is 20.7. The van der Waals surface area contributed by atoms with E-state index in [0.29, 0.717) is 11.3 Å². The van der Waals surface area contributed by atoms with Crippen molar-refractivity contribution in [1.82, 2.24) is 9.97 Å². The first-order valence-electron chi connectivity index (χ1n) is 6.48. The minimum atomic E-state index is -0.303. The highest BCUT2D eigenvalue weighted by Crippen LogP contribution is 2.24. The van der Waals surface area contributed by atoms with E-state index in [1.807, 2.05) is 24.3 Å². The van der Waals surface area contributed by atoms with Crippen LogP contribution in [0.3, 0.4) is 0 Å². The van der Waals surface area contributed by atoms with Gasteiger partial charge in [0.1, 0.15) is 12.1 Å².